The van der Waals surface area contributed by atoms with Gasteiger partial charge in [-0.3, -0.25) is 4.79 Å². The standard InChI is InChI=1S/C8H12O3/c1-8(2-3-8)6(9)7-10-4-5-11-7/h7H,2-5H2,1H3. The molecule has 0 unspecified atom stereocenters. The normalized spacial score (nSPS) is 28.8. The molecule has 1 heterocycles. The lowest BCUT2D eigenvalue weighted by molar-refractivity contribution is -0.149. The molecular formula is C8H12O3. The van der Waals surface area contributed by atoms with Crippen molar-refractivity contribution in [1.29, 1.82) is 0 Å². The lowest BCUT2D eigenvalue weighted by Gasteiger charge is -2.11. The van der Waals surface area contributed by atoms with Gasteiger partial charge in [-0.25, -0.2) is 0 Å². The lowest BCUT2D eigenvalue weighted by atomic mass is 10.0. The van der Waals surface area contributed by atoms with Crippen LogP contribution in [-0.2, 0) is 14.3 Å². The number of carbonyl (C=O) groups excluding carboxylic acids is 1. The van der Waals surface area contributed by atoms with Gasteiger partial charge in [-0.2, -0.15) is 0 Å². The van der Waals surface area contributed by atoms with E-state index < -0.39 is 6.29 Å². The largest absolute Gasteiger partial charge is 0.344 e. The Morgan fingerprint density at radius 1 is 1.36 bits per heavy atom. The highest BCUT2D eigenvalue weighted by Gasteiger charge is 2.49. The molecule has 11 heavy (non-hydrogen) atoms. The van der Waals surface area contributed by atoms with Gasteiger partial charge >= 0.3 is 0 Å². The van der Waals surface area contributed by atoms with Crippen LogP contribution in [0.5, 0.6) is 0 Å². The summed E-state index contributed by atoms with van der Waals surface area (Å²) in [5.74, 6) is 0.134. The molecule has 0 radical (unpaired) electrons. The summed E-state index contributed by atoms with van der Waals surface area (Å²) < 4.78 is 10.2. The molecule has 1 saturated carbocycles. The van der Waals surface area contributed by atoms with E-state index in [4.69, 9.17) is 9.47 Å². The molecule has 1 saturated heterocycles. The van der Waals surface area contributed by atoms with Gasteiger partial charge in [-0.05, 0) is 12.8 Å². The smallest absolute Gasteiger partial charge is 0.218 e. The Hall–Kier alpha value is -0.410. The second-order valence-corrected chi connectivity index (χ2v) is 3.50. The highest BCUT2D eigenvalue weighted by atomic mass is 16.7. The van der Waals surface area contributed by atoms with Gasteiger partial charge < -0.3 is 9.47 Å². The van der Waals surface area contributed by atoms with Crippen LogP contribution in [0.2, 0.25) is 0 Å². The molecule has 2 aliphatic rings. The molecule has 62 valence electrons. The molecule has 0 atom stereocenters. The van der Waals surface area contributed by atoms with Gasteiger partial charge in [0.2, 0.25) is 6.29 Å². The molecule has 0 N–H and O–H groups in total. The van der Waals surface area contributed by atoms with Crippen LogP contribution in [0.3, 0.4) is 0 Å². The molecule has 0 spiro atoms. The SMILES string of the molecule is CC1(C(=O)C2OCCO2)CC1. The monoisotopic (exact) mass is 156 g/mol. The summed E-state index contributed by atoms with van der Waals surface area (Å²) >= 11 is 0. The second-order valence-electron chi connectivity index (χ2n) is 3.50. The van der Waals surface area contributed by atoms with E-state index in [0.717, 1.165) is 12.8 Å². The minimum atomic E-state index is -0.553. The minimum Gasteiger partial charge on any atom is -0.344 e. The Kier molecular flexibility index (Phi) is 1.51. The number of ketones is 1. The molecular weight excluding hydrogens is 144 g/mol. The van der Waals surface area contributed by atoms with E-state index in [1.165, 1.54) is 0 Å². The number of ether oxygens (including phenoxy) is 2. The van der Waals surface area contributed by atoms with Crippen LogP contribution in [0.1, 0.15) is 19.8 Å². The molecule has 0 amide bonds. The molecule has 3 heteroatoms. The van der Waals surface area contributed by atoms with Crippen LogP contribution in [0, 0.1) is 5.41 Å². The zero-order valence-corrected chi connectivity index (χ0v) is 6.63. The van der Waals surface area contributed by atoms with Crippen molar-refractivity contribution < 1.29 is 14.3 Å². The highest BCUT2D eigenvalue weighted by molar-refractivity contribution is 5.89. The van der Waals surface area contributed by atoms with Crippen LogP contribution in [-0.4, -0.2) is 25.3 Å². The average molecular weight is 156 g/mol. The number of hydrogen-bond acceptors (Lipinski definition) is 3. The molecule has 0 aromatic heterocycles. The Morgan fingerprint density at radius 2 is 1.91 bits per heavy atom. The van der Waals surface area contributed by atoms with E-state index >= 15 is 0 Å². The predicted octanol–water partition coefficient (Wildman–Crippen LogP) is 0.728. The van der Waals surface area contributed by atoms with Crippen LogP contribution in [0.15, 0.2) is 0 Å². The number of Topliss-reactive ketones (excluding diaryl/α,β-unsaturated/α-hetero) is 1. The maximum Gasteiger partial charge on any atom is 0.218 e. The highest BCUT2D eigenvalue weighted by Crippen LogP contribution is 2.47. The molecule has 0 bridgehead atoms. The Bertz CT molecular complexity index is 178. The van der Waals surface area contributed by atoms with Gasteiger partial charge in [0.25, 0.3) is 0 Å². The summed E-state index contributed by atoms with van der Waals surface area (Å²) in [5.41, 5.74) is -0.116. The van der Waals surface area contributed by atoms with Gasteiger partial charge in [0.15, 0.2) is 5.78 Å². The first kappa shape index (κ1) is 7.25. The Balaban J connectivity index is 1.98. The molecule has 3 nitrogen and oxygen atoms in total. The van der Waals surface area contributed by atoms with Crippen molar-refractivity contribution in [2.75, 3.05) is 13.2 Å². The van der Waals surface area contributed by atoms with Crippen molar-refractivity contribution in [2.24, 2.45) is 5.41 Å². The Labute approximate surface area is 65.7 Å². The van der Waals surface area contributed by atoms with Crippen molar-refractivity contribution in [3.63, 3.8) is 0 Å². The number of carbonyl (C=O) groups is 1. The zero-order valence-electron chi connectivity index (χ0n) is 6.63. The molecule has 1 aliphatic heterocycles. The molecule has 2 rings (SSSR count). The number of rotatable bonds is 2. The third-order valence-corrected chi connectivity index (χ3v) is 2.43. The number of hydrogen-bond donors (Lipinski definition) is 0. The summed E-state index contributed by atoms with van der Waals surface area (Å²) in [6, 6.07) is 0. The Morgan fingerprint density at radius 3 is 2.36 bits per heavy atom. The van der Waals surface area contributed by atoms with Gasteiger partial charge in [-0.1, -0.05) is 6.92 Å². The zero-order chi connectivity index (χ0) is 7.90. The van der Waals surface area contributed by atoms with Gasteiger partial charge in [-0.15, -0.1) is 0 Å². The fraction of sp³-hybridized carbons (Fsp3) is 0.875. The molecule has 2 fully saturated rings. The maximum atomic E-state index is 11.5. The fourth-order valence-corrected chi connectivity index (χ4v) is 1.23. The summed E-state index contributed by atoms with van der Waals surface area (Å²) in [6.07, 6.45) is 1.44. The van der Waals surface area contributed by atoms with Crippen LogP contribution in [0.25, 0.3) is 0 Å². The summed E-state index contributed by atoms with van der Waals surface area (Å²) in [7, 11) is 0. The topological polar surface area (TPSA) is 35.5 Å². The van der Waals surface area contributed by atoms with Crippen molar-refractivity contribution in [2.45, 2.75) is 26.1 Å². The third kappa shape index (κ3) is 1.19. The van der Waals surface area contributed by atoms with E-state index in [9.17, 15) is 4.79 Å². The summed E-state index contributed by atoms with van der Waals surface area (Å²) in [5, 5.41) is 0. The van der Waals surface area contributed by atoms with Crippen molar-refractivity contribution in [3.05, 3.63) is 0 Å². The maximum absolute atomic E-state index is 11.5. The van der Waals surface area contributed by atoms with E-state index in [0.29, 0.717) is 13.2 Å². The van der Waals surface area contributed by atoms with E-state index in [1.54, 1.807) is 0 Å². The van der Waals surface area contributed by atoms with Crippen LogP contribution in [0.4, 0.5) is 0 Å². The van der Waals surface area contributed by atoms with Crippen LogP contribution < -0.4 is 0 Å². The van der Waals surface area contributed by atoms with Crippen molar-refractivity contribution in [1.82, 2.24) is 0 Å². The fourth-order valence-electron chi connectivity index (χ4n) is 1.23. The van der Waals surface area contributed by atoms with E-state index in [1.807, 2.05) is 6.92 Å². The second kappa shape index (κ2) is 2.29. The molecule has 0 aromatic rings. The van der Waals surface area contributed by atoms with Gasteiger partial charge in [0.1, 0.15) is 0 Å². The third-order valence-electron chi connectivity index (χ3n) is 2.43. The first-order valence-corrected chi connectivity index (χ1v) is 4.00. The molecule has 0 aromatic carbocycles. The van der Waals surface area contributed by atoms with E-state index in [2.05, 4.69) is 0 Å². The lowest BCUT2D eigenvalue weighted by Crippen LogP contribution is -2.28. The quantitative estimate of drug-likeness (QED) is 0.591. The summed E-state index contributed by atoms with van der Waals surface area (Å²) in [6.45, 7) is 3.10. The van der Waals surface area contributed by atoms with Crippen LogP contribution >= 0.6 is 0 Å². The van der Waals surface area contributed by atoms with E-state index in [-0.39, 0.29) is 11.2 Å². The first-order chi connectivity index (χ1) is 5.22. The summed E-state index contributed by atoms with van der Waals surface area (Å²) in [4.78, 5) is 11.5. The minimum absolute atomic E-state index is 0.116. The predicted molar refractivity (Wildman–Crippen MR) is 38.0 cm³/mol. The average Bonchev–Trinajstić information content (AvgIpc) is 2.54. The molecule has 1 aliphatic carbocycles. The van der Waals surface area contributed by atoms with Crippen molar-refractivity contribution in [3.8, 4) is 0 Å². The van der Waals surface area contributed by atoms with Gasteiger partial charge in [0.05, 0.1) is 13.2 Å². The van der Waals surface area contributed by atoms with Gasteiger partial charge in [0, 0.05) is 5.41 Å². The first-order valence-electron chi connectivity index (χ1n) is 4.00. The van der Waals surface area contributed by atoms with Crippen molar-refractivity contribution >= 4 is 5.78 Å².